The third kappa shape index (κ3) is 3.41. The smallest absolute Gasteiger partial charge is 0.318 e. The topological polar surface area (TPSA) is 52.6 Å². The minimum absolute atomic E-state index is 0.113. The van der Waals surface area contributed by atoms with Gasteiger partial charge in [-0.3, -0.25) is 0 Å². The molecular weight excluding hydrogens is 307 g/mol. The van der Waals surface area contributed by atoms with Crippen molar-refractivity contribution < 1.29 is 14.3 Å². The number of halogens is 1. The van der Waals surface area contributed by atoms with Crippen LogP contribution in [0.3, 0.4) is 0 Å². The minimum atomic E-state index is -0.330. The molecule has 2 aromatic carbocycles. The average Bonchev–Trinajstić information content (AvgIpc) is 2.62. The molecule has 4 nitrogen and oxygen atoms in total. The third-order valence-electron chi connectivity index (χ3n) is 4.47. The summed E-state index contributed by atoms with van der Waals surface area (Å²) in [6.07, 6.45) is 1.21. The van der Waals surface area contributed by atoms with Crippen molar-refractivity contribution in [1.29, 1.82) is 0 Å². The Kier molecular flexibility index (Phi) is 5.11. The number of urea groups is 1. The van der Waals surface area contributed by atoms with Crippen LogP contribution in [0.2, 0.25) is 0 Å². The van der Waals surface area contributed by atoms with Crippen molar-refractivity contribution in [2.45, 2.75) is 18.9 Å². The molecule has 1 aliphatic heterocycles. The summed E-state index contributed by atoms with van der Waals surface area (Å²) in [5.41, 5.74) is 2.75. The summed E-state index contributed by atoms with van der Waals surface area (Å²) in [7, 11) is 0. The molecule has 0 spiro atoms. The Labute approximate surface area is 140 Å². The van der Waals surface area contributed by atoms with Crippen LogP contribution in [-0.2, 0) is 12.8 Å². The number of nitrogens with zero attached hydrogens (tertiary/aromatic N) is 1. The van der Waals surface area contributed by atoms with Gasteiger partial charge in [-0.15, -0.1) is 0 Å². The van der Waals surface area contributed by atoms with E-state index in [1.54, 1.807) is 23.1 Å². The zero-order valence-corrected chi connectivity index (χ0v) is 13.4. The fourth-order valence-corrected chi connectivity index (χ4v) is 3.20. The second-order valence-electron chi connectivity index (χ2n) is 5.91. The van der Waals surface area contributed by atoms with E-state index >= 15 is 0 Å². The number of rotatable bonds is 4. The van der Waals surface area contributed by atoms with Crippen LogP contribution in [0.5, 0.6) is 0 Å². The first-order valence-electron chi connectivity index (χ1n) is 8.17. The number of fused-ring (bicyclic) bond motifs is 1. The van der Waals surface area contributed by atoms with E-state index in [-0.39, 0.29) is 24.5 Å². The number of benzene rings is 2. The molecule has 0 saturated carbocycles. The van der Waals surface area contributed by atoms with E-state index < -0.39 is 0 Å². The summed E-state index contributed by atoms with van der Waals surface area (Å²) in [6, 6.07) is 13.9. The molecule has 1 atom stereocenters. The summed E-state index contributed by atoms with van der Waals surface area (Å²) < 4.78 is 13.6. The lowest BCUT2D eigenvalue weighted by Gasteiger charge is -2.36. The van der Waals surface area contributed by atoms with Gasteiger partial charge in [0.05, 0.1) is 12.6 Å². The largest absolute Gasteiger partial charge is 0.394 e. The van der Waals surface area contributed by atoms with Crippen LogP contribution in [0.4, 0.5) is 9.18 Å². The molecule has 0 saturated heterocycles. The number of aliphatic hydroxyl groups is 1. The first kappa shape index (κ1) is 16.5. The van der Waals surface area contributed by atoms with Gasteiger partial charge in [-0.1, -0.05) is 42.5 Å². The molecular formula is C19H21FN2O2. The Morgan fingerprint density at radius 2 is 1.96 bits per heavy atom. The van der Waals surface area contributed by atoms with Gasteiger partial charge in [-0.2, -0.15) is 0 Å². The normalized spacial score (nSPS) is 16.6. The molecule has 0 aliphatic carbocycles. The van der Waals surface area contributed by atoms with E-state index in [1.165, 1.54) is 11.6 Å². The van der Waals surface area contributed by atoms with Crippen LogP contribution >= 0.6 is 0 Å². The van der Waals surface area contributed by atoms with Crippen molar-refractivity contribution in [2.75, 3.05) is 19.7 Å². The molecule has 0 fully saturated rings. The molecule has 5 heteroatoms. The van der Waals surface area contributed by atoms with Crippen LogP contribution in [0.15, 0.2) is 48.5 Å². The third-order valence-corrected chi connectivity index (χ3v) is 4.47. The van der Waals surface area contributed by atoms with Crippen LogP contribution in [-0.4, -0.2) is 35.7 Å². The van der Waals surface area contributed by atoms with Crippen LogP contribution < -0.4 is 5.32 Å². The van der Waals surface area contributed by atoms with E-state index in [9.17, 15) is 14.3 Å². The second kappa shape index (κ2) is 7.45. The van der Waals surface area contributed by atoms with Crippen molar-refractivity contribution in [1.82, 2.24) is 10.2 Å². The zero-order valence-electron chi connectivity index (χ0n) is 13.4. The maximum Gasteiger partial charge on any atom is 0.318 e. The van der Waals surface area contributed by atoms with Crippen molar-refractivity contribution in [3.8, 4) is 0 Å². The van der Waals surface area contributed by atoms with E-state index in [0.717, 1.165) is 12.0 Å². The highest BCUT2D eigenvalue weighted by Gasteiger charge is 2.29. The first-order valence-corrected chi connectivity index (χ1v) is 8.17. The SMILES string of the molecule is O=C(NCCc1ccccc1F)N1CCc2ccccc2C1CO. The van der Waals surface area contributed by atoms with E-state index in [4.69, 9.17) is 0 Å². The Morgan fingerprint density at radius 3 is 2.75 bits per heavy atom. The van der Waals surface area contributed by atoms with E-state index in [0.29, 0.717) is 25.1 Å². The van der Waals surface area contributed by atoms with Crippen LogP contribution in [0.1, 0.15) is 22.7 Å². The predicted octanol–water partition coefficient (Wildman–Crippen LogP) is 2.67. The van der Waals surface area contributed by atoms with Crippen LogP contribution in [0.25, 0.3) is 0 Å². The fraction of sp³-hybridized carbons (Fsp3) is 0.316. The highest BCUT2D eigenvalue weighted by Crippen LogP contribution is 2.29. The van der Waals surface area contributed by atoms with Gasteiger partial charge in [0, 0.05) is 13.1 Å². The van der Waals surface area contributed by atoms with Gasteiger partial charge in [0.15, 0.2) is 0 Å². The van der Waals surface area contributed by atoms with Gasteiger partial charge >= 0.3 is 6.03 Å². The molecule has 0 bridgehead atoms. The average molecular weight is 328 g/mol. The van der Waals surface area contributed by atoms with Gasteiger partial charge in [-0.05, 0) is 35.6 Å². The van der Waals surface area contributed by atoms with Crippen molar-refractivity contribution in [2.24, 2.45) is 0 Å². The number of carbonyl (C=O) groups is 1. The van der Waals surface area contributed by atoms with Gasteiger partial charge in [-0.25, -0.2) is 9.18 Å². The molecule has 2 amide bonds. The zero-order chi connectivity index (χ0) is 16.9. The van der Waals surface area contributed by atoms with Gasteiger partial charge < -0.3 is 15.3 Å². The summed E-state index contributed by atoms with van der Waals surface area (Å²) in [5.74, 6) is -0.258. The lowest BCUT2D eigenvalue weighted by molar-refractivity contribution is 0.127. The molecule has 1 aliphatic rings. The van der Waals surface area contributed by atoms with Crippen LogP contribution in [0, 0.1) is 5.82 Å². The van der Waals surface area contributed by atoms with Gasteiger partial charge in [0.1, 0.15) is 5.82 Å². The molecule has 126 valence electrons. The summed E-state index contributed by atoms with van der Waals surface area (Å²) in [6.45, 7) is 0.807. The van der Waals surface area contributed by atoms with Crippen molar-refractivity contribution >= 4 is 6.03 Å². The highest BCUT2D eigenvalue weighted by molar-refractivity contribution is 5.75. The van der Waals surface area contributed by atoms with E-state index in [2.05, 4.69) is 5.32 Å². The summed E-state index contributed by atoms with van der Waals surface area (Å²) in [4.78, 5) is 14.1. The molecule has 0 radical (unpaired) electrons. The molecule has 0 aromatic heterocycles. The second-order valence-corrected chi connectivity index (χ2v) is 5.91. The van der Waals surface area contributed by atoms with E-state index in [1.807, 2.05) is 24.3 Å². The van der Waals surface area contributed by atoms with Crippen molar-refractivity contribution in [3.05, 3.63) is 71.0 Å². The number of hydrogen-bond acceptors (Lipinski definition) is 2. The number of amides is 2. The van der Waals surface area contributed by atoms with Gasteiger partial charge in [0.25, 0.3) is 0 Å². The summed E-state index contributed by atoms with van der Waals surface area (Å²) in [5, 5.41) is 12.6. The maximum absolute atomic E-state index is 13.6. The number of carbonyl (C=O) groups excluding carboxylic acids is 1. The molecule has 24 heavy (non-hydrogen) atoms. The minimum Gasteiger partial charge on any atom is -0.394 e. The molecule has 2 aromatic rings. The maximum atomic E-state index is 13.6. The Hall–Kier alpha value is -2.40. The monoisotopic (exact) mass is 328 g/mol. The van der Waals surface area contributed by atoms with Crippen molar-refractivity contribution in [3.63, 3.8) is 0 Å². The standard InChI is InChI=1S/C19H21FN2O2/c20-17-8-4-2-6-15(17)9-11-21-19(24)22-12-10-14-5-1-3-7-16(14)18(22)13-23/h1-8,18,23H,9-13H2,(H,21,24). The number of aliphatic hydroxyl groups excluding tert-OH is 1. The molecule has 1 unspecified atom stereocenters. The first-order chi connectivity index (χ1) is 11.7. The Morgan fingerprint density at radius 1 is 1.21 bits per heavy atom. The Bertz CT molecular complexity index is 720. The molecule has 3 rings (SSSR count). The highest BCUT2D eigenvalue weighted by atomic mass is 19.1. The fourth-order valence-electron chi connectivity index (χ4n) is 3.20. The lowest BCUT2D eigenvalue weighted by atomic mass is 9.93. The quantitative estimate of drug-likeness (QED) is 0.907. The number of hydrogen-bond donors (Lipinski definition) is 2. The lowest BCUT2D eigenvalue weighted by Crippen LogP contribution is -2.47. The molecule has 2 N–H and O–H groups in total. The molecule has 1 heterocycles. The Balaban J connectivity index is 1.62. The summed E-state index contributed by atoms with van der Waals surface area (Å²) >= 11 is 0. The van der Waals surface area contributed by atoms with Gasteiger partial charge in [0.2, 0.25) is 0 Å². The predicted molar refractivity (Wildman–Crippen MR) is 90.2 cm³/mol. The number of nitrogens with one attached hydrogen (secondary N) is 1.